The summed E-state index contributed by atoms with van der Waals surface area (Å²) in [7, 11) is 0. The molecule has 0 N–H and O–H groups in total. The average Bonchev–Trinajstić information content (AvgIpc) is 2.48. The largest absolute Gasteiger partial charge is 0.457 e. The Morgan fingerprint density at radius 3 is 2.56 bits per heavy atom. The number of rotatable bonds is 0. The predicted octanol–water partition coefficient (Wildman–Crippen LogP) is 3.72. The van der Waals surface area contributed by atoms with E-state index in [-0.39, 0.29) is 5.82 Å². The predicted molar refractivity (Wildman–Crippen MR) is 60.3 cm³/mol. The fraction of sp³-hybridized carbons (Fsp3) is 0.143. The van der Waals surface area contributed by atoms with Crippen LogP contribution in [0.15, 0.2) is 42.5 Å². The van der Waals surface area contributed by atoms with E-state index in [2.05, 4.69) is 6.07 Å². The van der Waals surface area contributed by atoms with Crippen LogP contribution in [0, 0.1) is 5.82 Å². The minimum absolute atomic E-state index is 0.201. The summed E-state index contributed by atoms with van der Waals surface area (Å²) in [4.78, 5) is 0. The van der Waals surface area contributed by atoms with Crippen LogP contribution >= 0.6 is 0 Å². The Labute approximate surface area is 93.5 Å². The monoisotopic (exact) mass is 214 g/mol. The van der Waals surface area contributed by atoms with Crippen LogP contribution in [0.3, 0.4) is 0 Å². The first-order valence-corrected chi connectivity index (χ1v) is 5.37. The molecule has 16 heavy (non-hydrogen) atoms. The molecule has 0 saturated heterocycles. The molecule has 0 atom stereocenters. The van der Waals surface area contributed by atoms with Crippen LogP contribution in [0.25, 0.3) is 0 Å². The summed E-state index contributed by atoms with van der Waals surface area (Å²) in [6.45, 7) is 0. The third-order valence-corrected chi connectivity index (χ3v) is 2.88. The topological polar surface area (TPSA) is 9.23 Å². The van der Waals surface area contributed by atoms with Crippen molar-refractivity contribution in [3.05, 3.63) is 59.4 Å². The van der Waals surface area contributed by atoms with E-state index in [1.54, 1.807) is 12.1 Å². The minimum atomic E-state index is -0.201. The third-order valence-electron chi connectivity index (χ3n) is 2.88. The van der Waals surface area contributed by atoms with Gasteiger partial charge in [-0.15, -0.1) is 0 Å². The number of fused-ring (bicyclic) bond motifs is 2. The van der Waals surface area contributed by atoms with Gasteiger partial charge in [-0.3, -0.25) is 0 Å². The van der Waals surface area contributed by atoms with Gasteiger partial charge in [0.1, 0.15) is 17.3 Å². The Bertz CT molecular complexity index is 534. The molecule has 1 nitrogen and oxygen atoms in total. The van der Waals surface area contributed by atoms with Gasteiger partial charge in [0.15, 0.2) is 0 Å². The summed E-state index contributed by atoms with van der Waals surface area (Å²) < 4.78 is 18.9. The van der Waals surface area contributed by atoms with E-state index in [1.165, 1.54) is 11.6 Å². The molecule has 0 unspecified atom stereocenters. The van der Waals surface area contributed by atoms with Crippen molar-refractivity contribution in [2.75, 3.05) is 0 Å². The van der Waals surface area contributed by atoms with Crippen molar-refractivity contribution in [2.45, 2.75) is 12.8 Å². The number of aryl methyl sites for hydroxylation is 2. The molecule has 3 rings (SSSR count). The van der Waals surface area contributed by atoms with Gasteiger partial charge < -0.3 is 4.74 Å². The zero-order chi connectivity index (χ0) is 11.0. The highest BCUT2D eigenvalue weighted by atomic mass is 19.1. The molecule has 0 amide bonds. The maximum atomic E-state index is 13.1. The SMILES string of the molecule is Fc1ccc2c(c1)CCc1ccccc1O2. The van der Waals surface area contributed by atoms with Crippen molar-refractivity contribution in [1.29, 1.82) is 0 Å². The maximum Gasteiger partial charge on any atom is 0.130 e. The minimum Gasteiger partial charge on any atom is -0.457 e. The van der Waals surface area contributed by atoms with Crippen molar-refractivity contribution in [3.8, 4) is 11.5 Å². The van der Waals surface area contributed by atoms with E-state index in [9.17, 15) is 4.39 Å². The molecule has 1 heterocycles. The second kappa shape index (κ2) is 3.63. The maximum absolute atomic E-state index is 13.1. The van der Waals surface area contributed by atoms with E-state index < -0.39 is 0 Å². The lowest BCUT2D eigenvalue weighted by Crippen LogP contribution is -1.89. The first-order valence-electron chi connectivity index (χ1n) is 5.37. The molecule has 80 valence electrons. The van der Waals surface area contributed by atoms with Crippen LogP contribution in [0.2, 0.25) is 0 Å². The van der Waals surface area contributed by atoms with Gasteiger partial charge in [0.2, 0.25) is 0 Å². The molecule has 0 aliphatic carbocycles. The van der Waals surface area contributed by atoms with E-state index >= 15 is 0 Å². The van der Waals surface area contributed by atoms with E-state index in [1.807, 2.05) is 18.2 Å². The molecule has 0 fully saturated rings. The number of para-hydroxylation sites is 1. The zero-order valence-corrected chi connectivity index (χ0v) is 8.74. The smallest absolute Gasteiger partial charge is 0.130 e. The average molecular weight is 214 g/mol. The van der Waals surface area contributed by atoms with Crippen LogP contribution in [0.1, 0.15) is 11.1 Å². The fourth-order valence-corrected chi connectivity index (χ4v) is 2.04. The van der Waals surface area contributed by atoms with E-state index in [4.69, 9.17) is 4.74 Å². The van der Waals surface area contributed by atoms with Crippen molar-refractivity contribution < 1.29 is 9.13 Å². The van der Waals surface area contributed by atoms with Gasteiger partial charge in [0.25, 0.3) is 0 Å². The van der Waals surface area contributed by atoms with Crippen molar-refractivity contribution in [1.82, 2.24) is 0 Å². The van der Waals surface area contributed by atoms with Crippen LogP contribution in [0.4, 0.5) is 4.39 Å². The lowest BCUT2D eigenvalue weighted by atomic mass is 10.0. The fourth-order valence-electron chi connectivity index (χ4n) is 2.04. The van der Waals surface area contributed by atoms with Gasteiger partial charge in [-0.05, 0) is 48.2 Å². The molecule has 2 aromatic carbocycles. The summed E-state index contributed by atoms with van der Waals surface area (Å²) in [6.07, 6.45) is 1.72. The van der Waals surface area contributed by atoms with Crippen LogP contribution in [0.5, 0.6) is 11.5 Å². The molecule has 0 spiro atoms. The molecule has 1 aliphatic heterocycles. The number of hydrogen-bond donors (Lipinski definition) is 0. The van der Waals surface area contributed by atoms with Crippen LogP contribution in [-0.4, -0.2) is 0 Å². The summed E-state index contributed by atoms with van der Waals surface area (Å²) in [5.74, 6) is 1.45. The summed E-state index contributed by atoms with van der Waals surface area (Å²) in [6, 6.07) is 12.7. The van der Waals surface area contributed by atoms with E-state index in [0.717, 1.165) is 29.9 Å². The first-order chi connectivity index (χ1) is 7.83. The summed E-state index contributed by atoms with van der Waals surface area (Å²) in [5.41, 5.74) is 2.12. The molecule has 0 bridgehead atoms. The number of hydrogen-bond acceptors (Lipinski definition) is 1. The Morgan fingerprint density at radius 1 is 0.875 bits per heavy atom. The quantitative estimate of drug-likeness (QED) is 0.649. The number of ether oxygens (including phenoxy) is 1. The van der Waals surface area contributed by atoms with Crippen molar-refractivity contribution in [3.63, 3.8) is 0 Å². The van der Waals surface area contributed by atoms with Crippen molar-refractivity contribution in [2.24, 2.45) is 0 Å². The Morgan fingerprint density at radius 2 is 1.62 bits per heavy atom. The molecular weight excluding hydrogens is 203 g/mol. The molecule has 1 aliphatic rings. The first kappa shape index (κ1) is 9.40. The Hall–Kier alpha value is -1.83. The summed E-state index contributed by atoms with van der Waals surface area (Å²) >= 11 is 0. The Balaban J connectivity index is 2.08. The molecule has 0 saturated carbocycles. The molecule has 0 aromatic heterocycles. The molecule has 0 radical (unpaired) electrons. The van der Waals surface area contributed by atoms with Gasteiger partial charge in [-0.25, -0.2) is 4.39 Å². The highest BCUT2D eigenvalue weighted by Crippen LogP contribution is 2.33. The second-order valence-electron chi connectivity index (χ2n) is 3.96. The third kappa shape index (κ3) is 1.56. The zero-order valence-electron chi connectivity index (χ0n) is 8.74. The van der Waals surface area contributed by atoms with Gasteiger partial charge in [0, 0.05) is 0 Å². The lowest BCUT2D eigenvalue weighted by Gasteiger charge is -2.07. The van der Waals surface area contributed by atoms with Gasteiger partial charge in [-0.1, -0.05) is 18.2 Å². The van der Waals surface area contributed by atoms with Crippen LogP contribution < -0.4 is 4.74 Å². The molecule has 2 aromatic rings. The second-order valence-corrected chi connectivity index (χ2v) is 3.96. The van der Waals surface area contributed by atoms with Crippen molar-refractivity contribution >= 4 is 0 Å². The van der Waals surface area contributed by atoms with Gasteiger partial charge in [0.05, 0.1) is 0 Å². The highest BCUT2D eigenvalue weighted by Gasteiger charge is 2.14. The lowest BCUT2D eigenvalue weighted by molar-refractivity contribution is 0.477. The summed E-state index contributed by atoms with van der Waals surface area (Å²) in [5, 5.41) is 0. The van der Waals surface area contributed by atoms with Gasteiger partial charge >= 0.3 is 0 Å². The molecular formula is C14H11FO. The van der Waals surface area contributed by atoms with Crippen LogP contribution in [-0.2, 0) is 12.8 Å². The normalized spacial score (nSPS) is 13.3. The van der Waals surface area contributed by atoms with E-state index in [0.29, 0.717) is 0 Å². The molecule has 2 heteroatoms. The number of benzene rings is 2. The standard InChI is InChI=1S/C14H11FO/c15-12-7-8-14-11(9-12)6-5-10-3-1-2-4-13(10)16-14/h1-4,7-9H,5-6H2. The number of halogens is 1. The van der Waals surface area contributed by atoms with Gasteiger partial charge in [-0.2, -0.15) is 0 Å². The highest BCUT2D eigenvalue weighted by molar-refractivity contribution is 5.44. The Kier molecular flexibility index (Phi) is 2.13.